The van der Waals surface area contributed by atoms with E-state index >= 15 is 0 Å². The molecule has 4 rings (SSSR count). The van der Waals surface area contributed by atoms with Crippen molar-refractivity contribution in [3.05, 3.63) is 70.8 Å². The van der Waals surface area contributed by atoms with E-state index in [1.807, 2.05) is 54.6 Å². The fourth-order valence-electron chi connectivity index (χ4n) is 3.58. The van der Waals surface area contributed by atoms with E-state index in [0.29, 0.717) is 24.5 Å². The van der Waals surface area contributed by atoms with E-state index in [4.69, 9.17) is 4.74 Å². The minimum Gasteiger partial charge on any atom is -0.495 e. The van der Waals surface area contributed by atoms with Crippen LogP contribution in [0.3, 0.4) is 0 Å². The summed E-state index contributed by atoms with van der Waals surface area (Å²) in [7, 11) is 1.64. The normalized spacial score (nSPS) is 19.6. The first-order chi connectivity index (χ1) is 13.2. The van der Waals surface area contributed by atoms with Crippen LogP contribution in [0, 0.1) is 11.3 Å². The zero-order valence-electron chi connectivity index (χ0n) is 15.0. The maximum absolute atomic E-state index is 12.9. The second kappa shape index (κ2) is 7.37. The number of nitriles is 1. The van der Waals surface area contributed by atoms with Crippen LogP contribution in [0.15, 0.2) is 65.2 Å². The summed E-state index contributed by atoms with van der Waals surface area (Å²) in [6.45, 7) is 0.425. The number of fused-ring (bicyclic) bond motifs is 1. The summed E-state index contributed by atoms with van der Waals surface area (Å²) in [6, 6.07) is 20.0. The summed E-state index contributed by atoms with van der Waals surface area (Å²) < 4.78 is 5.46. The van der Waals surface area contributed by atoms with Gasteiger partial charge in [-0.3, -0.25) is 9.69 Å². The summed E-state index contributed by atoms with van der Waals surface area (Å²) in [5.74, 6) is 1.31. The molecule has 1 saturated heterocycles. The molecule has 6 heteroatoms. The largest absolute Gasteiger partial charge is 0.495 e. The van der Waals surface area contributed by atoms with E-state index in [0.717, 1.165) is 22.0 Å². The Balaban J connectivity index is 1.68. The van der Waals surface area contributed by atoms with Crippen LogP contribution in [0.2, 0.25) is 0 Å². The maximum Gasteiger partial charge on any atom is 0.229 e. The van der Waals surface area contributed by atoms with Crippen LogP contribution >= 0.6 is 11.8 Å². The Hall–Kier alpha value is -2.91. The molecule has 5 nitrogen and oxygen atoms in total. The summed E-state index contributed by atoms with van der Waals surface area (Å²) in [6.07, 6.45) is 0.316. The van der Waals surface area contributed by atoms with Gasteiger partial charge in [0.15, 0.2) is 0 Å². The lowest BCUT2D eigenvalue weighted by Crippen LogP contribution is -2.47. The highest BCUT2D eigenvalue weighted by molar-refractivity contribution is 8.03. The number of hydrogen-bond donors (Lipinski definition) is 0. The molecule has 0 saturated carbocycles. The second-order valence-electron chi connectivity index (χ2n) is 6.45. The van der Waals surface area contributed by atoms with E-state index in [2.05, 4.69) is 11.0 Å². The molecule has 1 atom stereocenters. The first-order valence-corrected chi connectivity index (χ1v) is 9.72. The Morgan fingerprint density at radius 1 is 1.15 bits per heavy atom. The Bertz CT molecular complexity index is 936. The number of nitrogens with zero attached hydrogens (tertiary/aromatic N) is 3. The van der Waals surface area contributed by atoms with E-state index in [1.54, 1.807) is 12.0 Å². The predicted octanol–water partition coefficient (Wildman–Crippen LogP) is 3.91. The van der Waals surface area contributed by atoms with Crippen molar-refractivity contribution in [1.29, 1.82) is 5.26 Å². The summed E-state index contributed by atoms with van der Waals surface area (Å²) >= 11 is 1.54. The average Bonchev–Trinajstić information content (AvgIpc) is 2.74. The van der Waals surface area contributed by atoms with Crippen LogP contribution in [0.25, 0.3) is 0 Å². The number of rotatable bonds is 3. The van der Waals surface area contributed by atoms with Crippen molar-refractivity contribution < 1.29 is 9.53 Å². The molecule has 2 aromatic carbocycles. The number of carbonyl (C=O) groups excluding carboxylic acids is 1. The van der Waals surface area contributed by atoms with Crippen molar-refractivity contribution in [2.45, 2.75) is 12.3 Å². The van der Waals surface area contributed by atoms with Crippen LogP contribution in [-0.4, -0.2) is 30.5 Å². The van der Waals surface area contributed by atoms with Gasteiger partial charge in [-0.05, 0) is 17.7 Å². The molecule has 0 N–H and O–H groups in total. The van der Waals surface area contributed by atoms with Gasteiger partial charge in [0.1, 0.15) is 5.75 Å². The minimum absolute atomic E-state index is 0.0463. The summed E-state index contributed by atoms with van der Waals surface area (Å²) in [4.78, 5) is 16.8. The molecular formula is C21H19N3O2S. The molecule has 0 radical (unpaired) electrons. The highest BCUT2D eigenvalue weighted by Crippen LogP contribution is 2.44. The maximum atomic E-state index is 12.9. The number of anilines is 1. The van der Waals surface area contributed by atoms with Crippen molar-refractivity contribution in [3.8, 4) is 11.8 Å². The zero-order valence-corrected chi connectivity index (χ0v) is 15.8. The number of para-hydroxylation sites is 2. The predicted molar refractivity (Wildman–Crippen MR) is 106 cm³/mol. The van der Waals surface area contributed by atoms with Crippen molar-refractivity contribution >= 4 is 23.4 Å². The number of thioether (sulfide) groups is 1. The van der Waals surface area contributed by atoms with Gasteiger partial charge in [-0.1, -0.05) is 54.2 Å². The molecule has 2 aliphatic heterocycles. The molecule has 0 bridgehead atoms. The van der Waals surface area contributed by atoms with Crippen molar-refractivity contribution in [2.75, 3.05) is 24.6 Å². The number of ether oxygens (including phenoxy) is 1. The SMILES string of the molecule is COc1ccccc1N1CSC2=C(C#N)[C@H](c3ccccc3)CC(=O)N2C1. The van der Waals surface area contributed by atoms with Crippen LogP contribution < -0.4 is 9.64 Å². The number of hydrogen-bond acceptors (Lipinski definition) is 5. The number of carbonyl (C=O) groups is 1. The third-order valence-electron chi connectivity index (χ3n) is 4.92. The van der Waals surface area contributed by atoms with Gasteiger partial charge in [0, 0.05) is 12.3 Å². The Morgan fingerprint density at radius 3 is 2.63 bits per heavy atom. The summed E-state index contributed by atoms with van der Waals surface area (Å²) in [5, 5.41) is 10.6. The standard InChI is InChI=1S/C21H19N3O2S/c1-26-19-10-6-5-9-18(19)23-13-24-20(25)11-16(15-7-3-2-4-8-15)17(12-22)21(24)27-14-23/h2-10,16H,11,13-14H2,1H3/t16-/m0/s1. The van der Waals surface area contributed by atoms with Gasteiger partial charge < -0.3 is 9.64 Å². The molecule has 136 valence electrons. The lowest BCUT2D eigenvalue weighted by molar-refractivity contribution is -0.129. The molecule has 1 amide bonds. The van der Waals surface area contributed by atoms with Crippen LogP contribution in [0.1, 0.15) is 17.9 Å². The van der Waals surface area contributed by atoms with Gasteiger partial charge in [-0.25, -0.2) is 0 Å². The Labute approximate surface area is 162 Å². The molecule has 0 unspecified atom stereocenters. The van der Waals surface area contributed by atoms with Gasteiger partial charge in [0.2, 0.25) is 5.91 Å². The molecule has 1 fully saturated rings. The van der Waals surface area contributed by atoms with Crippen LogP contribution in [0.5, 0.6) is 5.75 Å². The average molecular weight is 377 g/mol. The lowest BCUT2D eigenvalue weighted by atomic mass is 9.86. The van der Waals surface area contributed by atoms with Crippen LogP contribution in [-0.2, 0) is 4.79 Å². The number of allylic oxidation sites excluding steroid dienone is 1. The number of methoxy groups -OCH3 is 1. The van der Waals surface area contributed by atoms with Crippen LogP contribution in [0.4, 0.5) is 5.69 Å². The quantitative estimate of drug-likeness (QED) is 0.812. The van der Waals surface area contributed by atoms with Crippen molar-refractivity contribution in [1.82, 2.24) is 4.90 Å². The van der Waals surface area contributed by atoms with Gasteiger partial charge in [-0.2, -0.15) is 5.26 Å². The molecule has 2 heterocycles. The smallest absolute Gasteiger partial charge is 0.229 e. The highest BCUT2D eigenvalue weighted by Gasteiger charge is 2.38. The van der Waals surface area contributed by atoms with E-state index < -0.39 is 0 Å². The Kier molecular flexibility index (Phi) is 4.78. The molecule has 0 aliphatic carbocycles. The topological polar surface area (TPSA) is 56.6 Å². The van der Waals surface area contributed by atoms with Gasteiger partial charge >= 0.3 is 0 Å². The third-order valence-corrected chi connectivity index (χ3v) is 6.08. The van der Waals surface area contributed by atoms with Gasteiger partial charge in [0.25, 0.3) is 0 Å². The number of benzene rings is 2. The van der Waals surface area contributed by atoms with E-state index in [9.17, 15) is 10.1 Å². The lowest BCUT2D eigenvalue weighted by Gasteiger charge is -2.42. The Morgan fingerprint density at radius 2 is 1.89 bits per heavy atom. The number of amides is 1. The molecule has 0 spiro atoms. The second-order valence-corrected chi connectivity index (χ2v) is 7.38. The third kappa shape index (κ3) is 3.15. The molecular weight excluding hydrogens is 358 g/mol. The molecule has 27 heavy (non-hydrogen) atoms. The molecule has 0 aromatic heterocycles. The fourth-order valence-corrected chi connectivity index (χ4v) is 4.73. The van der Waals surface area contributed by atoms with Crippen molar-refractivity contribution in [2.24, 2.45) is 0 Å². The first-order valence-electron chi connectivity index (χ1n) is 8.73. The molecule has 2 aliphatic rings. The van der Waals surface area contributed by atoms with E-state index in [-0.39, 0.29) is 11.8 Å². The first kappa shape index (κ1) is 17.5. The van der Waals surface area contributed by atoms with Gasteiger partial charge in [-0.15, -0.1) is 0 Å². The highest BCUT2D eigenvalue weighted by atomic mass is 32.2. The summed E-state index contributed by atoms with van der Waals surface area (Å²) in [5.41, 5.74) is 2.65. The minimum atomic E-state index is -0.166. The zero-order chi connectivity index (χ0) is 18.8. The monoisotopic (exact) mass is 377 g/mol. The fraction of sp³-hybridized carbons (Fsp3) is 0.238. The van der Waals surface area contributed by atoms with Gasteiger partial charge in [0.05, 0.1) is 42.0 Å². The molecule has 2 aromatic rings. The van der Waals surface area contributed by atoms with Crippen molar-refractivity contribution in [3.63, 3.8) is 0 Å². The van der Waals surface area contributed by atoms with E-state index in [1.165, 1.54) is 11.8 Å².